The van der Waals surface area contributed by atoms with Crippen molar-refractivity contribution < 1.29 is 4.84 Å². The van der Waals surface area contributed by atoms with Gasteiger partial charge in [0.2, 0.25) is 0 Å². The Kier molecular flexibility index (Phi) is 4.14. The van der Waals surface area contributed by atoms with Crippen molar-refractivity contribution in [1.29, 1.82) is 0 Å². The zero-order valence-electron chi connectivity index (χ0n) is 9.30. The number of alkyl halides is 1. The van der Waals surface area contributed by atoms with E-state index in [-0.39, 0.29) is 5.56 Å². The van der Waals surface area contributed by atoms with Gasteiger partial charge < -0.3 is 4.84 Å². The second-order valence-corrected chi connectivity index (χ2v) is 4.40. The monoisotopic (exact) mass is 296 g/mol. The van der Waals surface area contributed by atoms with Gasteiger partial charge in [0, 0.05) is 5.33 Å². The molecule has 0 saturated carbocycles. The Bertz CT molecular complexity index is 553. The molecule has 0 aliphatic rings. The number of fused-ring (bicyclic) bond motifs is 1. The van der Waals surface area contributed by atoms with Crippen LogP contribution in [-0.2, 0) is 0 Å². The number of para-hydroxylation sites is 2. The van der Waals surface area contributed by atoms with Crippen LogP contribution in [0.4, 0.5) is 0 Å². The van der Waals surface area contributed by atoms with Gasteiger partial charge in [-0.05, 0) is 25.0 Å². The summed E-state index contributed by atoms with van der Waals surface area (Å²) in [6.07, 6.45) is 3.22. The highest BCUT2D eigenvalue weighted by atomic mass is 79.9. The van der Waals surface area contributed by atoms with E-state index in [1.807, 2.05) is 24.3 Å². The molecule has 17 heavy (non-hydrogen) atoms. The minimum atomic E-state index is -0.234. The van der Waals surface area contributed by atoms with E-state index in [0.29, 0.717) is 12.1 Å². The van der Waals surface area contributed by atoms with Crippen molar-refractivity contribution in [3.05, 3.63) is 40.8 Å². The van der Waals surface area contributed by atoms with Gasteiger partial charge in [0.1, 0.15) is 12.1 Å². The zero-order valence-corrected chi connectivity index (χ0v) is 10.9. The fourth-order valence-corrected chi connectivity index (χ4v) is 1.92. The molecule has 0 saturated heterocycles. The fourth-order valence-electron chi connectivity index (χ4n) is 1.53. The summed E-state index contributed by atoms with van der Waals surface area (Å²) in [4.78, 5) is 21.2. The van der Waals surface area contributed by atoms with Crippen LogP contribution in [0.15, 0.2) is 35.3 Å². The second-order valence-electron chi connectivity index (χ2n) is 3.61. The van der Waals surface area contributed by atoms with Crippen LogP contribution in [0.5, 0.6) is 0 Å². The standard InChI is InChI=1S/C12H13BrN2O2/c13-7-3-4-8-17-15-11-6-2-1-5-10(11)14-9-12(15)16/h1-2,5-6,9H,3-4,7-8H2. The van der Waals surface area contributed by atoms with Gasteiger partial charge in [0.15, 0.2) is 0 Å². The first-order valence-corrected chi connectivity index (χ1v) is 6.61. The van der Waals surface area contributed by atoms with Gasteiger partial charge in [-0.3, -0.25) is 4.79 Å². The molecule has 2 rings (SSSR count). The van der Waals surface area contributed by atoms with Crippen molar-refractivity contribution in [3.63, 3.8) is 0 Å². The first-order valence-electron chi connectivity index (χ1n) is 5.49. The molecular formula is C12H13BrN2O2. The van der Waals surface area contributed by atoms with E-state index in [2.05, 4.69) is 20.9 Å². The van der Waals surface area contributed by atoms with Crippen molar-refractivity contribution in [3.8, 4) is 0 Å². The molecule has 2 aromatic rings. The zero-order chi connectivity index (χ0) is 12.1. The van der Waals surface area contributed by atoms with Crippen LogP contribution in [0.1, 0.15) is 12.8 Å². The topological polar surface area (TPSA) is 44.1 Å². The lowest BCUT2D eigenvalue weighted by atomic mass is 10.3. The van der Waals surface area contributed by atoms with Crippen molar-refractivity contribution in [2.75, 3.05) is 11.9 Å². The summed E-state index contributed by atoms with van der Waals surface area (Å²) in [7, 11) is 0. The number of rotatable bonds is 5. The van der Waals surface area contributed by atoms with Crippen molar-refractivity contribution >= 4 is 27.0 Å². The third-order valence-corrected chi connectivity index (χ3v) is 2.92. The Labute approximate surface area is 107 Å². The highest BCUT2D eigenvalue weighted by Crippen LogP contribution is 2.06. The molecule has 0 radical (unpaired) electrons. The molecule has 0 spiro atoms. The molecular weight excluding hydrogens is 284 g/mol. The third-order valence-electron chi connectivity index (χ3n) is 2.36. The number of nitrogens with zero attached hydrogens (tertiary/aromatic N) is 2. The number of benzene rings is 1. The summed E-state index contributed by atoms with van der Waals surface area (Å²) in [5, 5.41) is 0.947. The Hall–Kier alpha value is -1.36. The maximum atomic E-state index is 11.7. The van der Waals surface area contributed by atoms with Gasteiger partial charge in [-0.1, -0.05) is 28.1 Å². The Morgan fingerprint density at radius 3 is 2.94 bits per heavy atom. The minimum absolute atomic E-state index is 0.234. The van der Waals surface area contributed by atoms with Crippen molar-refractivity contribution in [2.24, 2.45) is 0 Å². The molecule has 0 amide bonds. The summed E-state index contributed by atoms with van der Waals surface area (Å²) in [6, 6.07) is 7.43. The largest absolute Gasteiger partial charge is 0.410 e. The normalized spacial score (nSPS) is 10.6. The lowest BCUT2D eigenvalue weighted by molar-refractivity contribution is 0.109. The molecule has 1 aromatic carbocycles. The maximum Gasteiger partial charge on any atom is 0.302 e. The number of hydrogen-bond acceptors (Lipinski definition) is 3. The molecule has 0 aliphatic heterocycles. The van der Waals surface area contributed by atoms with Gasteiger partial charge >= 0.3 is 5.56 Å². The lowest BCUT2D eigenvalue weighted by Crippen LogP contribution is -2.27. The number of halogens is 1. The summed E-state index contributed by atoms with van der Waals surface area (Å²) in [5.74, 6) is 0. The Morgan fingerprint density at radius 1 is 1.29 bits per heavy atom. The van der Waals surface area contributed by atoms with E-state index >= 15 is 0 Å². The van der Waals surface area contributed by atoms with Crippen LogP contribution in [-0.4, -0.2) is 21.7 Å². The summed E-state index contributed by atoms with van der Waals surface area (Å²) in [6.45, 7) is 0.527. The van der Waals surface area contributed by atoms with E-state index < -0.39 is 0 Å². The summed E-state index contributed by atoms with van der Waals surface area (Å²) in [5.41, 5.74) is 1.23. The van der Waals surface area contributed by atoms with E-state index in [9.17, 15) is 4.79 Å². The van der Waals surface area contributed by atoms with Gasteiger partial charge in [-0.15, -0.1) is 4.73 Å². The highest BCUT2D eigenvalue weighted by molar-refractivity contribution is 9.09. The molecule has 0 N–H and O–H groups in total. The molecule has 90 valence electrons. The third kappa shape index (κ3) is 2.85. The minimum Gasteiger partial charge on any atom is -0.410 e. The predicted molar refractivity (Wildman–Crippen MR) is 70.5 cm³/mol. The Morgan fingerprint density at radius 2 is 2.12 bits per heavy atom. The molecule has 1 heterocycles. The van der Waals surface area contributed by atoms with E-state index in [0.717, 1.165) is 23.7 Å². The summed E-state index contributed by atoms with van der Waals surface area (Å²) < 4.78 is 1.32. The highest BCUT2D eigenvalue weighted by Gasteiger charge is 2.03. The number of hydrogen-bond donors (Lipinski definition) is 0. The van der Waals surface area contributed by atoms with Crippen LogP contribution in [0, 0.1) is 0 Å². The van der Waals surface area contributed by atoms with E-state index in [1.54, 1.807) is 0 Å². The number of unbranched alkanes of at least 4 members (excludes halogenated alkanes) is 1. The quantitative estimate of drug-likeness (QED) is 0.626. The van der Waals surface area contributed by atoms with Crippen LogP contribution in [0.2, 0.25) is 0 Å². The average molecular weight is 297 g/mol. The summed E-state index contributed by atoms with van der Waals surface area (Å²) >= 11 is 3.36. The van der Waals surface area contributed by atoms with Gasteiger partial charge in [-0.2, -0.15) is 0 Å². The average Bonchev–Trinajstić information content (AvgIpc) is 2.37. The molecule has 0 bridgehead atoms. The molecule has 0 aliphatic carbocycles. The predicted octanol–water partition coefficient (Wildman–Crippen LogP) is 2.00. The lowest BCUT2D eigenvalue weighted by Gasteiger charge is -2.10. The second kappa shape index (κ2) is 5.82. The molecule has 0 fully saturated rings. The molecule has 0 unspecified atom stereocenters. The van der Waals surface area contributed by atoms with Crippen molar-refractivity contribution in [1.82, 2.24) is 9.71 Å². The molecule has 0 atom stereocenters. The van der Waals surface area contributed by atoms with Crippen LogP contribution < -0.4 is 10.4 Å². The first-order chi connectivity index (χ1) is 8.33. The van der Waals surface area contributed by atoms with Crippen molar-refractivity contribution in [2.45, 2.75) is 12.8 Å². The van der Waals surface area contributed by atoms with Gasteiger partial charge in [0.25, 0.3) is 0 Å². The smallest absolute Gasteiger partial charge is 0.302 e. The SMILES string of the molecule is O=c1cnc2ccccc2n1OCCCCBr. The van der Waals surface area contributed by atoms with Crippen LogP contribution in [0.25, 0.3) is 11.0 Å². The molecule has 5 heteroatoms. The van der Waals surface area contributed by atoms with Crippen LogP contribution >= 0.6 is 15.9 Å². The fraction of sp³-hybridized carbons (Fsp3) is 0.333. The van der Waals surface area contributed by atoms with E-state index in [4.69, 9.17) is 4.84 Å². The van der Waals surface area contributed by atoms with Gasteiger partial charge in [-0.25, -0.2) is 4.98 Å². The Balaban J connectivity index is 2.25. The first kappa shape index (κ1) is 12.1. The number of aromatic nitrogens is 2. The molecule has 4 nitrogen and oxygen atoms in total. The molecule has 1 aromatic heterocycles. The van der Waals surface area contributed by atoms with Gasteiger partial charge in [0.05, 0.1) is 11.7 Å². The van der Waals surface area contributed by atoms with Crippen LogP contribution in [0.3, 0.4) is 0 Å². The van der Waals surface area contributed by atoms with E-state index in [1.165, 1.54) is 10.9 Å². The maximum absolute atomic E-state index is 11.7.